The summed E-state index contributed by atoms with van der Waals surface area (Å²) in [4.78, 5) is 10.7. The van der Waals surface area contributed by atoms with Crippen LogP contribution in [0.25, 0.3) is 0 Å². The van der Waals surface area contributed by atoms with Gasteiger partial charge in [-0.15, -0.1) is 0 Å². The van der Waals surface area contributed by atoms with Crippen LogP contribution >= 0.6 is 0 Å². The molecular weight excluding hydrogens is 218 g/mol. The summed E-state index contributed by atoms with van der Waals surface area (Å²) < 4.78 is 0. The third-order valence-electron chi connectivity index (χ3n) is 3.12. The smallest absolute Gasteiger partial charge is 0.239 e. The average molecular weight is 237 g/mol. The summed E-state index contributed by atoms with van der Waals surface area (Å²) in [5.74, 6) is 7.25. The first-order valence-electron chi connectivity index (χ1n) is 5.91. The van der Waals surface area contributed by atoms with E-state index in [1.54, 1.807) is 0 Å². The largest absolute Gasteiger partial charge is 0.396 e. The van der Waals surface area contributed by atoms with Crippen LogP contribution in [0, 0.1) is 12.8 Å². The zero-order valence-corrected chi connectivity index (χ0v) is 10.1. The molecule has 0 spiro atoms. The highest BCUT2D eigenvalue weighted by Gasteiger charge is 2.23. The first-order valence-corrected chi connectivity index (χ1v) is 5.91. The molecule has 94 valence electrons. The molecule has 0 amide bonds. The molecule has 1 aromatic rings. The zero-order valence-electron chi connectivity index (χ0n) is 10.1. The van der Waals surface area contributed by atoms with Crippen molar-refractivity contribution in [3.05, 3.63) is 11.8 Å². The van der Waals surface area contributed by atoms with Crippen molar-refractivity contribution in [2.45, 2.75) is 19.8 Å². The molecule has 2 rings (SSSR count). The fourth-order valence-electron chi connectivity index (χ4n) is 2.24. The number of hydrogen-bond donors (Lipinski definition) is 3. The van der Waals surface area contributed by atoms with Gasteiger partial charge in [-0.3, -0.25) is 5.43 Å². The number of aromatic nitrogens is 2. The highest BCUT2D eigenvalue weighted by molar-refractivity contribution is 5.45. The van der Waals surface area contributed by atoms with Gasteiger partial charge < -0.3 is 10.0 Å². The summed E-state index contributed by atoms with van der Waals surface area (Å²) in [5, 5.41) is 8.94. The van der Waals surface area contributed by atoms with Gasteiger partial charge in [0.05, 0.1) is 0 Å². The molecular formula is C11H19N5O. The van der Waals surface area contributed by atoms with Crippen LogP contribution in [-0.4, -0.2) is 34.8 Å². The molecule has 4 N–H and O–H groups in total. The van der Waals surface area contributed by atoms with Crippen molar-refractivity contribution < 1.29 is 5.11 Å². The fraction of sp³-hybridized carbons (Fsp3) is 0.636. The van der Waals surface area contributed by atoms with Gasteiger partial charge in [0.15, 0.2) is 0 Å². The van der Waals surface area contributed by atoms with E-state index in [1.807, 2.05) is 13.0 Å². The normalized spacial score (nSPS) is 19.7. The predicted octanol–water partition coefficient (Wildman–Crippen LogP) is 0.279. The number of aliphatic hydroxyl groups is 1. The lowest BCUT2D eigenvalue weighted by Crippen LogP contribution is -2.22. The number of hydrazine groups is 1. The van der Waals surface area contributed by atoms with E-state index in [1.165, 1.54) is 0 Å². The van der Waals surface area contributed by atoms with Crippen molar-refractivity contribution in [2.24, 2.45) is 11.8 Å². The van der Waals surface area contributed by atoms with Crippen LogP contribution in [0.2, 0.25) is 0 Å². The summed E-state index contributed by atoms with van der Waals surface area (Å²) in [6.07, 6.45) is 1.97. The quantitative estimate of drug-likeness (QED) is 0.515. The molecule has 1 aliphatic rings. The van der Waals surface area contributed by atoms with E-state index in [9.17, 15) is 0 Å². The number of anilines is 2. The maximum atomic E-state index is 8.94. The Morgan fingerprint density at radius 2 is 2.41 bits per heavy atom. The van der Waals surface area contributed by atoms with Gasteiger partial charge in [-0.05, 0) is 25.7 Å². The summed E-state index contributed by atoms with van der Waals surface area (Å²) in [6, 6.07) is 1.96. The Balaban J connectivity index is 2.10. The Bertz CT molecular complexity index is 384. The van der Waals surface area contributed by atoms with E-state index in [0.717, 1.165) is 37.4 Å². The number of nitrogens with two attached hydrogens (primary N) is 1. The molecule has 17 heavy (non-hydrogen) atoms. The van der Waals surface area contributed by atoms with Crippen LogP contribution in [0.3, 0.4) is 0 Å². The number of nitrogen functional groups attached to an aromatic ring is 1. The number of nitrogens with zero attached hydrogens (tertiary/aromatic N) is 3. The lowest BCUT2D eigenvalue weighted by Gasteiger charge is -2.18. The van der Waals surface area contributed by atoms with Crippen molar-refractivity contribution in [3.63, 3.8) is 0 Å². The highest BCUT2D eigenvalue weighted by Crippen LogP contribution is 2.24. The van der Waals surface area contributed by atoms with E-state index in [4.69, 9.17) is 10.9 Å². The predicted molar refractivity (Wildman–Crippen MR) is 66.6 cm³/mol. The van der Waals surface area contributed by atoms with Crippen LogP contribution < -0.4 is 16.2 Å². The number of nitrogens with one attached hydrogen (secondary N) is 1. The second-order valence-electron chi connectivity index (χ2n) is 4.45. The van der Waals surface area contributed by atoms with E-state index in [-0.39, 0.29) is 6.61 Å². The lowest BCUT2D eigenvalue weighted by atomic mass is 10.1. The molecule has 1 aliphatic heterocycles. The average Bonchev–Trinajstić information content (AvgIpc) is 2.77. The maximum absolute atomic E-state index is 8.94. The summed E-state index contributed by atoms with van der Waals surface area (Å²) in [7, 11) is 0. The first-order chi connectivity index (χ1) is 8.22. The van der Waals surface area contributed by atoms with Crippen molar-refractivity contribution in [1.29, 1.82) is 0 Å². The van der Waals surface area contributed by atoms with Gasteiger partial charge in [0.25, 0.3) is 0 Å². The third-order valence-corrected chi connectivity index (χ3v) is 3.12. The van der Waals surface area contributed by atoms with Gasteiger partial charge in [0.1, 0.15) is 5.82 Å². The minimum atomic E-state index is 0.261. The Morgan fingerprint density at radius 3 is 3.12 bits per heavy atom. The second-order valence-corrected chi connectivity index (χ2v) is 4.45. The van der Waals surface area contributed by atoms with E-state index >= 15 is 0 Å². The van der Waals surface area contributed by atoms with Gasteiger partial charge in [-0.25, -0.2) is 10.8 Å². The first kappa shape index (κ1) is 12.1. The van der Waals surface area contributed by atoms with E-state index in [2.05, 4.69) is 20.3 Å². The fourth-order valence-corrected chi connectivity index (χ4v) is 2.24. The minimum Gasteiger partial charge on any atom is -0.396 e. The Labute approximate surface area is 101 Å². The lowest BCUT2D eigenvalue weighted by molar-refractivity contribution is 0.263. The van der Waals surface area contributed by atoms with E-state index in [0.29, 0.717) is 11.9 Å². The molecule has 2 heterocycles. The van der Waals surface area contributed by atoms with Crippen molar-refractivity contribution in [2.75, 3.05) is 30.0 Å². The van der Waals surface area contributed by atoms with Gasteiger partial charge in [0.2, 0.25) is 5.95 Å². The zero-order chi connectivity index (χ0) is 12.3. The molecule has 0 saturated carbocycles. The highest BCUT2D eigenvalue weighted by atomic mass is 16.3. The number of hydrogen-bond acceptors (Lipinski definition) is 6. The van der Waals surface area contributed by atoms with Crippen molar-refractivity contribution in [3.8, 4) is 0 Å². The molecule has 1 atom stereocenters. The molecule has 0 aromatic carbocycles. The second kappa shape index (κ2) is 5.29. The number of aryl methyl sites for hydroxylation is 1. The number of rotatable bonds is 4. The molecule has 0 aliphatic carbocycles. The van der Waals surface area contributed by atoms with Crippen LogP contribution in [0.4, 0.5) is 11.8 Å². The van der Waals surface area contributed by atoms with Crippen LogP contribution in [0.5, 0.6) is 0 Å². The molecule has 1 saturated heterocycles. The van der Waals surface area contributed by atoms with Crippen LogP contribution in [-0.2, 0) is 0 Å². The van der Waals surface area contributed by atoms with Gasteiger partial charge in [-0.2, -0.15) is 4.98 Å². The molecule has 1 unspecified atom stereocenters. The van der Waals surface area contributed by atoms with Gasteiger partial charge in [-0.1, -0.05) is 0 Å². The molecule has 0 bridgehead atoms. The monoisotopic (exact) mass is 237 g/mol. The number of aliphatic hydroxyl groups excluding tert-OH is 1. The standard InChI is InChI=1S/C11H19N5O/c1-8-6-10(14-11(13-8)15-12)16-4-2-9(7-16)3-5-17/h6,9,17H,2-5,7,12H2,1H3,(H,13,14,15). The Morgan fingerprint density at radius 1 is 1.59 bits per heavy atom. The summed E-state index contributed by atoms with van der Waals surface area (Å²) in [6.45, 7) is 4.11. The van der Waals surface area contributed by atoms with Crippen LogP contribution in [0.1, 0.15) is 18.5 Å². The topological polar surface area (TPSA) is 87.3 Å². The maximum Gasteiger partial charge on any atom is 0.239 e. The molecule has 0 radical (unpaired) electrons. The van der Waals surface area contributed by atoms with Crippen LogP contribution in [0.15, 0.2) is 6.07 Å². The van der Waals surface area contributed by atoms with Crippen molar-refractivity contribution in [1.82, 2.24) is 9.97 Å². The summed E-state index contributed by atoms with van der Waals surface area (Å²) >= 11 is 0. The Kier molecular flexibility index (Phi) is 3.75. The molecule has 6 heteroatoms. The Hall–Kier alpha value is -1.40. The SMILES string of the molecule is Cc1cc(N2CCC(CCO)C2)nc(NN)n1. The van der Waals surface area contributed by atoms with Gasteiger partial charge >= 0.3 is 0 Å². The molecule has 1 fully saturated rings. The van der Waals surface area contributed by atoms with Crippen molar-refractivity contribution >= 4 is 11.8 Å². The summed E-state index contributed by atoms with van der Waals surface area (Å²) in [5.41, 5.74) is 3.38. The molecule has 6 nitrogen and oxygen atoms in total. The minimum absolute atomic E-state index is 0.261. The molecule has 1 aromatic heterocycles. The van der Waals surface area contributed by atoms with E-state index < -0.39 is 0 Å². The van der Waals surface area contributed by atoms with Gasteiger partial charge in [0, 0.05) is 31.5 Å². The third kappa shape index (κ3) is 2.83.